The minimum Gasteiger partial charge on any atom is -0.822 e. The topological polar surface area (TPSA) is 204 Å². The van der Waals surface area contributed by atoms with Crippen molar-refractivity contribution in [2.45, 2.75) is 0 Å². The molecule has 0 saturated heterocycles. The van der Waals surface area contributed by atoms with Crippen LogP contribution in [-0.4, -0.2) is 14.7 Å². The van der Waals surface area contributed by atoms with Crippen LogP contribution in [0.5, 0.6) is 0 Å². The van der Waals surface area contributed by atoms with Gasteiger partial charge in [-0.3, -0.25) is 4.57 Å². The molecule has 26 heavy (non-hydrogen) atoms. The minimum atomic E-state index is -5.39. The molecule has 1 atom stereocenters. The van der Waals surface area contributed by atoms with Gasteiger partial charge in [-0.1, -0.05) is 42.5 Å². The van der Waals surface area contributed by atoms with Gasteiger partial charge < -0.3 is 43.4 Å². The second-order valence-corrected chi connectivity index (χ2v) is 8.50. The molecule has 3 N–H and O–H groups in total. The molecule has 0 aliphatic heterocycles. The second kappa shape index (κ2) is 9.78. The van der Waals surface area contributed by atoms with Crippen LogP contribution in [0.1, 0.15) is 0 Å². The molecule has 138 valence electrons. The van der Waals surface area contributed by atoms with E-state index in [4.69, 9.17) is 19.2 Å². The maximum absolute atomic E-state index is 11.5. The first-order chi connectivity index (χ1) is 11.2. The van der Waals surface area contributed by atoms with Gasteiger partial charge in [0.05, 0.1) is 5.30 Å². The molecular formula is C12H11O10P3Zr. The van der Waals surface area contributed by atoms with Gasteiger partial charge in [0.15, 0.2) is 7.60 Å². The summed E-state index contributed by atoms with van der Waals surface area (Å²) >= 11 is 0. The summed E-state index contributed by atoms with van der Waals surface area (Å²) in [5, 5.41) is -1.45. The van der Waals surface area contributed by atoms with E-state index >= 15 is 0 Å². The van der Waals surface area contributed by atoms with Crippen LogP contribution >= 0.6 is 23.0 Å². The van der Waals surface area contributed by atoms with Gasteiger partial charge in [0, 0.05) is 5.30 Å². The summed E-state index contributed by atoms with van der Waals surface area (Å²) in [6, 6.07) is 11.9. The molecule has 0 aliphatic carbocycles. The van der Waals surface area contributed by atoms with Crippen molar-refractivity contribution in [1.29, 1.82) is 0 Å². The van der Waals surface area contributed by atoms with Crippen LogP contribution in [0.2, 0.25) is 0 Å². The summed E-state index contributed by atoms with van der Waals surface area (Å²) in [7, 11) is -15.3. The van der Waals surface area contributed by atoms with Gasteiger partial charge in [-0.2, -0.15) is 7.82 Å². The van der Waals surface area contributed by atoms with Gasteiger partial charge in [0.2, 0.25) is 0 Å². The number of hydrogen-bond donors (Lipinski definition) is 3. The Balaban J connectivity index is 0.000000923. The predicted molar refractivity (Wildman–Crippen MR) is 80.6 cm³/mol. The van der Waals surface area contributed by atoms with Crippen LogP contribution < -0.4 is 30.2 Å². The normalized spacial score (nSPS) is 13.7. The number of benzene rings is 2. The second-order valence-electron chi connectivity index (χ2n) is 4.55. The van der Waals surface area contributed by atoms with Crippen LogP contribution in [0.4, 0.5) is 0 Å². The molecule has 10 nitrogen and oxygen atoms in total. The van der Waals surface area contributed by atoms with Crippen LogP contribution in [-0.2, 0) is 39.9 Å². The molecule has 0 fully saturated rings. The molecule has 2 aromatic carbocycles. The third-order valence-electron chi connectivity index (χ3n) is 2.70. The van der Waals surface area contributed by atoms with E-state index in [0.29, 0.717) is 5.56 Å². The van der Waals surface area contributed by atoms with Crippen LogP contribution in [0.25, 0.3) is 11.1 Å². The third kappa shape index (κ3) is 8.61. The van der Waals surface area contributed by atoms with Crippen molar-refractivity contribution in [3.05, 3.63) is 48.5 Å². The minimum absolute atomic E-state index is 0. The van der Waals surface area contributed by atoms with Crippen LogP contribution in [0.15, 0.2) is 48.5 Å². The first-order valence-electron chi connectivity index (χ1n) is 6.23. The van der Waals surface area contributed by atoms with Gasteiger partial charge in [-0.15, -0.1) is 0 Å². The first kappa shape index (κ1) is 25.7. The van der Waals surface area contributed by atoms with Gasteiger partial charge in [-0.05, 0) is 17.2 Å². The SMILES string of the molecule is O=P([O-])(O)c1c(-c2ccccc2)cccc1P(=O)(O)O.O=P([O-])([O-])[O-].[Zr+4]. The Morgan fingerprint density at radius 2 is 1.19 bits per heavy atom. The molecule has 0 saturated carbocycles. The molecule has 0 bridgehead atoms. The van der Waals surface area contributed by atoms with E-state index < -0.39 is 33.6 Å². The summed E-state index contributed by atoms with van der Waals surface area (Å²) in [5.74, 6) is 0. The zero-order valence-corrected chi connectivity index (χ0v) is 17.8. The van der Waals surface area contributed by atoms with Crippen LogP contribution in [0.3, 0.4) is 0 Å². The third-order valence-corrected chi connectivity index (χ3v) is 4.92. The predicted octanol–water partition coefficient (Wildman–Crippen LogP) is -2.50. The Morgan fingerprint density at radius 3 is 1.58 bits per heavy atom. The van der Waals surface area contributed by atoms with E-state index in [1.165, 1.54) is 12.1 Å². The number of phosphoric acid groups is 1. The molecule has 2 rings (SSSR count). The zero-order valence-electron chi connectivity index (χ0n) is 12.7. The first-order valence-corrected chi connectivity index (χ1v) is 10.9. The van der Waals surface area contributed by atoms with E-state index in [9.17, 15) is 28.7 Å². The molecule has 14 heteroatoms. The zero-order chi connectivity index (χ0) is 19.5. The van der Waals surface area contributed by atoms with Crippen molar-refractivity contribution >= 4 is 33.6 Å². The number of hydrogen-bond acceptors (Lipinski definition) is 7. The fourth-order valence-corrected chi connectivity index (χ4v) is 4.23. The summed E-state index contributed by atoms with van der Waals surface area (Å²) in [6.45, 7) is 0. The molecule has 0 radical (unpaired) electrons. The Kier molecular flexibility index (Phi) is 9.68. The van der Waals surface area contributed by atoms with Crippen molar-refractivity contribution in [2.75, 3.05) is 0 Å². The molecule has 0 heterocycles. The average Bonchev–Trinajstić information content (AvgIpc) is 2.44. The van der Waals surface area contributed by atoms with Gasteiger partial charge in [-0.25, -0.2) is 0 Å². The molecule has 0 aromatic heterocycles. The van der Waals surface area contributed by atoms with Crippen molar-refractivity contribution in [1.82, 2.24) is 0 Å². The maximum atomic E-state index is 11.5. The molecule has 1 unspecified atom stereocenters. The molecular weight excluding hydrogens is 488 g/mol. The van der Waals surface area contributed by atoms with E-state index in [1.807, 2.05) is 0 Å². The van der Waals surface area contributed by atoms with Crippen molar-refractivity contribution in [3.63, 3.8) is 0 Å². The van der Waals surface area contributed by atoms with Crippen molar-refractivity contribution < 1.29 is 74.2 Å². The van der Waals surface area contributed by atoms with E-state index in [0.717, 1.165) is 6.07 Å². The Morgan fingerprint density at radius 1 is 0.731 bits per heavy atom. The van der Waals surface area contributed by atoms with Gasteiger partial charge in [0.25, 0.3) is 0 Å². The van der Waals surface area contributed by atoms with E-state index in [-0.39, 0.29) is 31.8 Å². The maximum Gasteiger partial charge on any atom is 4.00 e. The van der Waals surface area contributed by atoms with Crippen molar-refractivity contribution in [3.8, 4) is 11.1 Å². The van der Waals surface area contributed by atoms with E-state index in [1.54, 1.807) is 30.3 Å². The van der Waals surface area contributed by atoms with Gasteiger partial charge in [0.1, 0.15) is 0 Å². The summed E-state index contributed by atoms with van der Waals surface area (Å²) in [4.78, 5) is 65.0. The monoisotopic (exact) mass is 498 g/mol. The molecule has 0 spiro atoms. The fraction of sp³-hybridized carbons (Fsp3) is 0. The standard InChI is InChI=1S/C12H12O6P2.H3O4P.Zr/c13-19(14,15)11-8-4-7-10(12(11)20(16,17)18)9-5-2-1-3-6-9;1-5(2,3)4;/h1-8H,(H2,13,14,15)(H2,16,17,18);(H3,1,2,3,4);/q;;+4/p-4. The smallest absolute Gasteiger partial charge is 0.822 e. The fourth-order valence-electron chi connectivity index (χ4n) is 1.91. The summed E-state index contributed by atoms with van der Waals surface area (Å²) < 4.78 is 31.5. The van der Waals surface area contributed by atoms with E-state index in [2.05, 4.69) is 0 Å². The van der Waals surface area contributed by atoms with Crippen LogP contribution in [0, 0.1) is 0 Å². The van der Waals surface area contributed by atoms with Gasteiger partial charge >= 0.3 is 33.8 Å². The number of rotatable bonds is 3. The molecule has 0 aliphatic rings. The summed E-state index contributed by atoms with van der Waals surface area (Å²) in [6.07, 6.45) is 0. The largest absolute Gasteiger partial charge is 4.00 e. The Bertz CT molecular complexity index is 862. The Labute approximate surface area is 167 Å². The average molecular weight is 499 g/mol. The summed E-state index contributed by atoms with van der Waals surface area (Å²) in [5.41, 5.74) is 0.482. The quantitative estimate of drug-likeness (QED) is 0.379. The Hall–Kier alpha value is -0.267. The molecule has 0 amide bonds. The van der Waals surface area contributed by atoms with Crippen molar-refractivity contribution in [2.24, 2.45) is 0 Å². The molecule has 2 aromatic rings.